The lowest BCUT2D eigenvalue weighted by Gasteiger charge is -2.12. The third-order valence-electron chi connectivity index (χ3n) is 5.05. The lowest BCUT2D eigenvalue weighted by molar-refractivity contribution is -0.138. The Morgan fingerprint density at radius 3 is 1.68 bits per heavy atom. The van der Waals surface area contributed by atoms with Crippen LogP contribution in [0.2, 0.25) is 0 Å². The molecule has 0 aliphatic carbocycles. The normalized spacial score (nSPS) is 11.6. The van der Waals surface area contributed by atoms with E-state index in [4.69, 9.17) is 14.6 Å². The molecule has 0 aliphatic heterocycles. The van der Waals surface area contributed by atoms with Crippen molar-refractivity contribution in [3.05, 3.63) is 23.8 Å². The summed E-state index contributed by atoms with van der Waals surface area (Å²) in [5, 5.41) is 27.5. The molecule has 12 nitrogen and oxygen atoms in total. The van der Waals surface area contributed by atoms with Crippen LogP contribution in [0, 0.1) is 0 Å². The second-order valence-electron chi connectivity index (χ2n) is 10.7. The van der Waals surface area contributed by atoms with E-state index in [1.54, 1.807) is 9.36 Å². The Hall–Kier alpha value is -2.86. The van der Waals surface area contributed by atoms with Crippen LogP contribution in [0.4, 0.5) is 0 Å². The Kier molecular flexibility index (Phi) is 14.0. The van der Waals surface area contributed by atoms with E-state index in [1.807, 2.05) is 19.3 Å². The minimum absolute atomic E-state index is 0.0104. The first-order valence-electron chi connectivity index (χ1n) is 12.8. The van der Waals surface area contributed by atoms with Crippen molar-refractivity contribution >= 4 is 11.9 Å². The van der Waals surface area contributed by atoms with Gasteiger partial charge in [0.25, 0.3) is 0 Å². The van der Waals surface area contributed by atoms with E-state index in [0.717, 1.165) is 24.4 Å². The van der Waals surface area contributed by atoms with Gasteiger partial charge in [0, 0.05) is 36.2 Å². The molecule has 0 atom stereocenters. The lowest BCUT2D eigenvalue weighted by Crippen LogP contribution is -2.25. The maximum absolute atomic E-state index is 11.3. The van der Waals surface area contributed by atoms with Gasteiger partial charge in [0.2, 0.25) is 5.91 Å². The molecule has 2 heterocycles. The number of aromatic nitrogens is 6. The Morgan fingerprint density at radius 1 is 0.838 bits per heavy atom. The number of rotatable bonds is 14. The molecule has 0 aliphatic rings. The van der Waals surface area contributed by atoms with Crippen LogP contribution in [0.1, 0.15) is 79.1 Å². The van der Waals surface area contributed by atoms with E-state index in [2.05, 4.69) is 67.5 Å². The SMILES string of the molecule is CC(C)(C)c1cn(CCOCCC(=O)O)nn1.CCCNC(=O)CCOCCn1cc(C(C)(C)C)nn1. The minimum Gasteiger partial charge on any atom is -0.481 e. The molecule has 0 bridgehead atoms. The van der Waals surface area contributed by atoms with Crippen LogP contribution in [0.3, 0.4) is 0 Å². The first-order chi connectivity index (χ1) is 17.3. The van der Waals surface area contributed by atoms with Crippen molar-refractivity contribution in [1.82, 2.24) is 35.3 Å². The van der Waals surface area contributed by atoms with Crippen molar-refractivity contribution in [2.75, 3.05) is 33.0 Å². The van der Waals surface area contributed by atoms with Crippen molar-refractivity contribution in [3.63, 3.8) is 0 Å². The number of carbonyl (C=O) groups excluding carboxylic acids is 1. The van der Waals surface area contributed by atoms with Crippen LogP contribution in [-0.2, 0) is 43.0 Å². The van der Waals surface area contributed by atoms with Crippen LogP contribution in [0.5, 0.6) is 0 Å². The van der Waals surface area contributed by atoms with Crippen molar-refractivity contribution in [3.8, 4) is 0 Å². The summed E-state index contributed by atoms with van der Waals surface area (Å²) in [6.07, 6.45) is 5.22. The van der Waals surface area contributed by atoms with E-state index in [1.165, 1.54) is 0 Å². The largest absolute Gasteiger partial charge is 0.481 e. The molecule has 0 fully saturated rings. The standard InChI is InChI=1S/C14H26N4O2.C11H19N3O3/c1-5-7-15-13(19)6-9-20-10-8-18-11-12(16-17-18)14(2,3)4;1-11(2,3)9-8-14(13-12-9)5-7-17-6-4-10(15)16/h11H,5-10H2,1-4H3,(H,15,19);8H,4-7H2,1-3H3,(H,15,16). The van der Waals surface area contributed by atoms with Crippen molar-refractivity contribution in [2.24, 2.45) is 0 Å². The summed E-state index contributed by atoms with van der Waals surface area (Å²) in [6, 6.07) is 0. The molecule has 2 aromatic rings. The van der Waals surface area contributed by atoms with Crippen molar-refractivity contribution < 1.29 is 24.2 Å². The molecule has 2 N–H and O–H groups in total. The van der Waals surface area contributed by atoms with Gasteiger partial charge in [-0.3, -0.25) is 9.59 Å². The maximum Gasteiger partial charge on any atom is 0.305 e. The Bertz CT molecular complexity index is 928. The third kappa shape index (κ3) is 14.5. The van der Waals surface area contributed by atoms with Gasteiger partial charge in [-0.1, -0.05) is 58.9 Å². The third-order valence-corrected chi connectivity index (χ3v) is 5.05. The summed E-state index contributed by atoms with van der Waals surface area (Å²) in [5.41, 5.74) is 1.90. The van der Waals surface area contributed by atoms with E-state index < -0.39 is 5.97 Å². The monoisotopic (exact) mass is 523 g/mol. The van der Waals surface area contributed by atoms with E-state index in [0.29, 0.717) is 39.3 Å². The number of carboxylic acids is 1. The first kappa shape index (κ1) is 32.2. The number of ether oxygens (including phenoxy) is 2. The Morgan fingerprint density at radius 2 is 1.30 bits per heavy atom. The topological polar surface area (TPSA) is 146 Å². The van der Waals surface area contributed by atoms with Crippen molar-refractivity contribution in [2.45, 2.75) is 91.6 Å². The maximum atomic E-state index is 11.3. The average molecular weight is 524 g/mol. The zero-order chi connectivity index (χ0) is 27.9. The number of hydrogen-bond donors (Lipinski definition) is 2. The Balaban J connectivity index is 0.000000375. The van der Waals surface area contributed by atoms with E-state index in [9.17, 15) is 9.59 Å². The fourth-order valence-corrected chi connectivity index (χ4v) is 2.70. The highest BCUT2D eigenvalue weighted by Crippen LogP contribution is 2.19. The number of amides is 1. The molecule has 1 amide bonds. The molecule has 0 saturated heterocycles. The molecule has 210 valence electrons. The van der Waals surface area contributed by atoms with Crippen LogP contribution in [0.25, 0.3) is 0 Å². The Labute approximate surface area is 220 Å². The molecule has 12 heteroatoms. The summed E-state index contributed by atoms with van der Waals surface area (Å²) in [5.74, 6) is -0.802. The molecule has 37 heavy (non-hydrogen) atoms. The van der Waals surface area contributed by atoms with Gasteiger partial charge in [0.1, 0.15) is 0 Å². The predicted octanol–water partition coefficient (Wildman–Crippen LogP) is 2.58. The van der Waals surface area contributed by atoms with Gasteiger partial charge < -0.3 is 19.9 Å². The van der Waals surface area contributed by atoms with Gasteiger partial charge >= 0.3 is 5.97 Å². The number of hydrogen-bond acceptors (Lipinski definition) is 8. The number of carbonyl (C=O) groups is 2. The van der Waals surface area contributed by atoms with Gasteiger partial charge in [0.15, 0.2) is 0 Å². The van der Waals surface area contributed by atoms with E-state index >= 15 is 0 Å². The summed E-state index contributed by atoms with van der Waals surface area (Å²) < 4.78 is 14.1. The molecular weight excluding hydrogens is 478 g/mol. The quantitative estimate of drug-likeness (QED) is 0.357. The van der Waals surface area contributed by atoms with Crippen LogP contribution < -0.4 is 5.32 Å². The van der Waals surface area contributed by atoms with Gasteiger partial charge in [-0.2, -0.15) is 0 Å². The molecule has 2 rings (SSSR count). The number of carboxylic acid groups (broad SMARTS) is 1. The van der Waals surface area contributed by atoms with E-state index in [-0.39, 0.29) is 29.8 Å². The number of nitrogens with one attached hydrogen (secondary N) is 1. The highest BCUT2D eigenvalue weighted by molar-refractivity contribution is 5.75. The van der Waals surface area contributed by atoms with Crippen LogP contribution >= 0.6 is 0 Å². The highest BCUT2D eigenvalue weighted by atomic mass is 16.5. The molecule has 0 aromatic carbocycles. The molecular formula is C25H45N7O5. The molecule has 0 spiro atoms. The molecule has 2 aromatic heterocycles. The summed E-state index contributed by atoms with van der Waals surface area (Å²) in [4.78, 5) is 21.6. The van der Waals surface area contributed by atoms with Crippen LogP contribution in [0.15, 0.2) is 12.4 Å². The minimum atomic E-state index is -0.847. The van der Waals surface area contributed by atoms with Crippen molar-refractivity contribution in [1.29, 1.82) is 0 Å². The highest BCUT2D eigenvalue weighted by Gasteiger charge is 2.18. The van der Waals surface area contributed by atoms with Gasteiger partial charge in [-0.15, -0.1) is 10.2 Å². The predicted molar refractivity (Wildman–Crippen MR) is 139 cm³/mol. The fourth-order valence-electron chi connectivity index (χ4n) is 2.70. The number of nitrogens with zero attached hydrogens (tertiary/aromatic N) is 6. The zero-order valence-electron chi connectivity index (χ0n) is 23.5. The fraction of sp³-hybridized carbons (Fsp3) is 0.760. The first-order valence-corrected chi connectivity index (χ1v) is 12.8. The second kappa shape index (κ2) is 16.1. The average Bonchev–Trinajstić information content (AvgIpc) is 3.47. The summed E-state index contributed by atoms with van der Waals surface area (Å²) in [6.45, 7) is 18.2. The van der Waals surface area contributed by atoms with Gasteiger partial charge in [-0.05, 0) is 6.42 Å². The summed E-state index contributed by atoms with van der Waals surface area (Å²) in [7, 11) is 0. The van der Waals surface area contributed by atoms with Crippen LogP contribution in [-0.4, -0.2) is 79.9 Å². The van der Waals surface area contributed by atoms with Gasteiger partial charge in [-0.25, -0.2) is 9.36 Å². The zero-order valence-corrected chi connectivity index (χ0v) is 23.5. The smallest absolute Gasteiger partial charge is 0.305 e. The van der Waals surface area contributed by atoms with Gasteiger partial charge in [0.05, 0.1) is 57.3 Å². The number of aliphatic carboxylic acids is 1. The molecule has 0 radical (unpaired) electrons. The molecule has 0 unspecified atom stereocenters. The molecule has 0 saturated carbocycles. The lowest BCUT2D eigenvalue weighted by atomic mass is 9.93. The second-order valence-corrected chi connectivity index (χ2v) is 10.7. The summed E-state index contributed by atoms with van der Waals surface area (Å²) >= 11 is 0.